The Bertz CT molecular complexity index is 544. The summed E-state index contributed by atoms with van der Waals surface area (Å²) in [6.45, 7) is 0. The van der Waals surface area contributed by atoms with Crippen molar-refractivity contribution in [3.8, 4) is 11.5 Å². The van der Waals surface area contributed by atoms with Gasteiger partial charge in [0.15, 0.2) is 0 Å². The van der Waals surface area contributed by atoms with Gasteiger partial charge in [-0.05, 0) is 59.7 Å². The van der Waals surface area contributed by atoms with E-state index in [1.165, 1.54) is 48.5 Å². The number of phenolic OH excluding ortho intramolecular Hbond substituents is 2. The number of aromatic hydroxyl groups is 2. The largest absolute Gasteiger partial charge is 1.00 e. The van der Waals surface area contributed by atoms with Gasteiger partial charge >= 0.3 is 59.6 Å². The molecule has 4 N–H and O–H groups in total. The molecule has 0 aliphatic heterocycles. The maximum absolute atomic E-state index is 10.1. The average molecular weight is 379 g/mol. The summed E-state index contributed by atoms with van der Waals surface area (Å²) >= 11 is 0. The van der Waals surface area contributed by atoms with Gasteiger partial charge in [0.05, 0.1) is 11.9 Å². The number of carbonyl (C=O) groups excluding carboxylic acids is 2. The van der Waals surface area contributed by atoms with Crippen molar-refractivity contribution < 1.29 is 95.1 Å². The van der Waals surface area contributed by atoms with Crippen molar-refractivity contribution in [2.24, 2.45) is 0 Å². The van der Waals surface area contributed by atoms with Crippen molar-refractivity contribution >= 4 is 11.9 Å². The van der Waals surface area contributed by atoms with Crippen LogP contribution in [0.3, 0.4) is 0 Å². The van der Waals surface area contributed by atoms with Crippen LogP contribution < -0.4 is 68.4 Å². The van der Waals surface area contributed by atoms with E-state index in [9.17, 15) is 19.8 Å². The summed E-state index contributed by atoms with van der Waals surface area (Å²) in [5.74, 6) is -2.38. The van der Waals surface area contributed by atoms with Crippen LogP contribution in [0.25, 0.3) is 0 Å². The van der Waals surface area contributed by atoms with E-state index in [4.69, 9.17) is 10.2 Å². The molecule has 0 radical (unpaired) electrons. The average Bonchev–Trinajstić information content (AvgIpc) is 2.40. The van der Waals surface area contributed by atoms with E-state index < -0.39 is 11.9 Å². The first-order chi connectivity index (χ1) is 9.40. The summed E-state index contributed by atoms with van der Waals surface area (Å²) in [5.41, 5.74) is 0.135. The van der Waals surface area contributed by atoms with Crippen molar-refractivity contribution in [1.29, 1.82) is 0 Å². The second-order valence-corrected chi connectivity index (χ2v) is 3.67. The zero-order valence-electron chi connectivity index (χ0n) is 12.6. The molecule has 112 valence electrons. The molecule has 2 aromatic carbocycles. The number of carboxylic acids is 2. The van der Waals surface area contributed by atoms with Gasteiger partial charge in [-0.1, -0.05) is 0 Å². The Kier molecular flexibility index (Phi) is 11.9. The minimum Gasteiger partial charge on any atom is -0.545 e. The van der Waals surface area contributed by atoms with E-state index in [0.717, 1.165) is 0 Å². The third kappa shape index (κ3) is 8.25. The molecule has 22 heavy (non-hydrogen) atoms. The monoisotopic (exact) mass is 378 g/mol. The Morgan fingerprint density at radius 1 is 0.727 bits per heavy atom. The summed E-state index contributed by atoms with van der Waals surface area (Å²) in [7, 11) is 0. The van der Waals surface area contributed by atoms with Crippen LogP contribution in [-0.2, 0) is 0 Å². The molecular formula is C14H13O7Rb. The molecule has 0 spiro atoms. The molecule has 0 aliphatic carbocycles. The summed E-state index contributed by atoms with van der Waals surface area (Å²) in [6.07, 6.45) is 0. The van der Waals surface area contributed by atoms with Crippen molar-refractivity contribution in [3.05, 3.63) is 59.7 Å². The van der Waals surface area contributed by atoms with Crippen LogP contribution in [-0.4, -0.2) is 27.6 Å². The summed E-state index contributed by atoms with van der Waals surface area (Å²) in [4.78, 5) is 20.2. The molecule has 0 fully saturated rings. The molecular weight excluding hydrogens is 366 g/mol. The molecule has 0 saturated heterocycles. The normalized spacial score (nSPS) is 8.36. The fourth-order valence-electron chi connectivity index (χ4n) is 1.20. The number of hydrogen-bond donors (Lipinski definition) is 2. The number of carboxylic acid groups (broad SMARTS) is 2. The van der Waals surface area contributed by atoms with E-state index >= 15 is 0 Å². The first kappa shape index (κ1) is 23.0. The van der Waals surface area contributed by atoms with E-state index in [-0.39, 0.29) is 87.7 Å². The summed E-state index contributed by atoms with van der Waals surface area (Å²) < 4.78 is 0. The zero-order chi connectivity index (χ0) is 15.1. The van der Waals surface area contributed by atoms with Crippen LogP contribution in [0.2, 0.25) is 0 Å². The van der Waals surface area contributed by atoms with Gasteiger partial charge in [0.25, 0.3) is 0 Å². The Morgan fingerprint density at radius 2 is 0.955 bits per heavy atom. The number of benzene rings is 2. The Hall–Kier alpha value is -1.25. The number of aromatic carboxylic acids is 2. The minimum absolute atomic E-state index is 0. The van der Waals surface area contributed by atoms with Crippen molar-refractivity contribution in [3.63, 3.8) is 0 Å². The van der Waals surface area contributed by atoms with Crippen LogP contribution in [0.4, 0.5) is 0 Å². The first-order valence-electron chi connectivity index (χ1n) is 5.41. The molecule has 0 aliphatic rings. The molecule has 0 bridgehead atoms. The molecule has 8 heteroatoms. The predicted molar refractivity (Wildman–Crippen MR) is 69.6 cm³/mol. The topological polar surface area (TPSA) is 152 Å². The van der Waals surface area contributed by atoms with Crippen LogP contribution in [0, 0.1) is 0 Å². The minimum atomic E-state index is -1.24. The van der Waals surface area contributed by atoms with Crippen LogP contribution in [0.1, 0.15) is 22.1 Å². The Morgan fingerprint density at radius 3 is 1.14 bits per heavy atom. The molecule has 7 nitrogen and oxygen atoms in total. The third-order valence-corrected chi connectivity index (χ3v) is 2.21. The number of hydrogen-bond acceptors (Lipinski definition) is 6. The van der Waals surface area contributed by atoms with Crippen molar-refractivity contribution in [1.82, 2.24) is 0 Å². The van der Waals surface area contributed by atoms with Gasteiger partial charge in [-0.2, -0.15) is 0 Å². The molecule has 2 aromatic rings. The molecule has 0 unspecified atom stereocenters. The standard InChI is InChI=1S/2C7H6O3.H2O.Rb/c2*8-6-3-1-5(2-4-6)7(9)10;;/h2*1-4,8H,(H,9,10);1H2;/q;;;+1/p-1. The second-order valence-electron chi connectivity index (χ2n) is 3.67. The maximum Gasteiger partial charge on any atom is 1.00 e. The molecule has 0 aromatic heterocycles. The Balaban J connectivity index is -0.000000308. The summed E-state index contributed by atoms with van der Waals surface area (Å²) in [6, 6.07) is 10.3. The van der Waals surface area contributed by atoms with Gasteiger partial charge in [-0.25, -0.2) is 0 Å². The second kappa shape index (κ2) is 11.3. The molecule has 0 amide bonds. The van der Waals surface area contributed by atoms with Crippen molar-refractivity contribution in [2.75, 3.05) is 0 Å². The fourth-order valence-corrected chi connectivity index (χ4v) is 1.20. The predicted octanol–water partition coefficient (Wildman–Crippen LogP) is -4.20. The fraction of sp³-hybridized carbons (Fsp3) is 0. The van der Waals surface area contributed by atoms with E-state index in [2.05, 4.69) is 0 Å². The Labute approximate surface area is 176 Å². The van der Waals surface area contributed by atoms with Gasteiger partial charge in [0.1, 0.15) is 11.5 Å². The van der Waals surface area contributed by atoms with E-state index in [0.29, 0.717) is 0 Å². The third-order valence-electron chi connectivity index (χ3n) is 2.21. The van der Waals surface area contributed by atoms with Crippen LogP contribution in [0.15, 0.2) is 48.5 Å². The smallest absolute Gasteiger partial charge is 0.545 e. The van der Waals surface area contributed by atoms with Gasteiger partial charge in [-0.15, -0.1) is 0 Å². The summed E-state index contributed by atoms with van der Waals surface area (Å²) in [5, 5.41) is 37.7. The van der Waals surface area contributed by atoms with Crippen LogP contribution >= 0.6 is 0 Å². The first-order valence-corrected chi connectivity index (χ1v) is 5.41. The van der Waals surface area contributed by atoms with Crippen molar-refractivity contribution in [2.45, 2.75) is 0 Å². The maximum atomic E-state index is 10.1. The number of rotatable bonds is 2. The van der Waals surface area contributed by atoms with Gasteiger partial charge in [-0.3, -0.25) is 0 Å². The van der Waals surface area contributed by atoms with E-state index in [1.807, 2.05) is 0 Å². The quantitative estimate of drug-likeness (QED) is 0.540. The molecule has 0 heterocycles. The number of phenols is 2. The van der Waals surface area contributed by atoms with Crippen LogP contribution in [0.5, 0.6) is 11.5 Å². The number of carbonyl (C=O) groups is 2. The molecule has 0 saturated carbocycles. The SMILES string of the molecule is O.O=C([O-])c1ccc(O)cc1.O=C([O-])c1ccc(O)cc1.[H+].[Rb+]. The van der Waals surface area contributed by atoms with Gasteiger partial charge in [0.2, 0.25) is 0 Å². The van der Waals surface area contributed by atoms with Gasteiger partial charge < -0.3 is 35.5 Å². The van der Waals surface area contributed by atoms with E-state index in [1.54, 1.807) is 0 Å². The van der Waals surface area contributed by atoms with Gasteiger partial charge in [0, 0.05) is 0 Å². The molecule has 2 rings (SSSR count). The zero-order valence-corrected chi connectivity index (χ0v) is 16.6. The molecule has 0 atom stereocenters.